The number of hydrogen-bond acceptors (Lipinski definition) is 5. The first kappa shape index (κ1) is 65.3. The molecule has 1 amide bonds. The van der Waals surface area contributed by atoms with Gasteiger partial charge in [0.1, 0.15) is 6.10 Å². The quantitative estimate of drug-likeness (QED) is 0.0321. The van der Waals surface area contributed by atoms with Gasteiger partial charge in [-0.05, 0) is 51.4 Å². The molecule has 3 N–H and O–H groups in total. The number of hydrogen-bond donors (Lipinski definition) is 3. The summed E-state index contributed by atoms with van der Waals surface area (Å²) < 4.78 is 5.97. The minimum absolute atomic E-state index is 0.0777. The average Bonchev–Trinajstić information content (AvgIpc) is 3.32. The van der Waals surface area contributed by atoms with Crippen LogP contribution in [0.5, 0.6) is 0 Å². The maximum Gasteiger partial charge on any atom is 0.306 e. The molecule has 0 fully saturated rings. The zero-order chi connectivity index (χ0) is 48.8. The van der Waals surface area contributed by atoms with Crippen molar-refractivity contribution in [3.8, 4) is 0 Å². The summed E-state index contributed by atoms with van der Waals surface area (Å²) in [6, 6.07) is -0.701. The van der Waals surface area contributed by atoms with Crippen molar-refractivity contribution in [2.45, 2.75) is 347 Å². The third-order valence-corrected chi connectivity index (χ3v) is 14.1. The molecule has 3 atom stereocenters. The molecule has 67 heavy (non-hydrogen) atoms. The second-order valence-corrected chi connectivity index (χ2v) is 20.8. The van der Waals surface area contributed by atoms with Gasteiger partial charge in [0.25, 0.3) is 0 Å². The predicted molar refractivity (Wildman–Crippen MR) is 292 cm³/mol. The Kier molecular flexibility index (Phi) is 53.9. The monoisotopic (exact) mass is 944 g/mol. The van der Waals surface area contributed by atoms with Crippen molar-refractivity contribution in [1.29, 1.82) is 0 Å². The molecule has 0 aromatic rings. The van der Waals surface area contributed by atoms with E-state index in [1.54, 1.807) is 0 Å². The molecule has 0 saturated heterocycles. The number of esters is 1. The number of allylic oxidation sites excluding steroid dienone is 4. The van der Waals surface area contributed by atoms with Crippen LogP contribution in [0.3, 0.4) is 0 Å². The van der Waals surface area contributed by atoms with E-state index in [9.17, 15) is 19.8 Å². The van der Waals surface area contributed by atoms with Gasteiger partial charge in [-0.3, -0.25) is 9.59 Å². The molecule has 0 aliphatic carbocycles. The summed E-state index contributed by atoms with van der Waals surface area (Å²) in [7, 11) is 0. The van der Waals surface area contributed by atoms with Gasteiger partial charge in [0.15, 0.2) is 0 Å². The van der Waals surface area contributed by atoms with Crippen molar-refractivity contribution in [1.82, 2.24) is 5.32 Å². The van der Waals surface area contributed by atoms with E-state index in [2.05, 4.69) is 50.4 Å². The molecule has 0 aliphatic heterocycles. The second kappa shape index (κ2) is 55.3. The van der Waals surface area contributed by atoms with Crippen molar-refractivity contribution >= 4 is 11.9 Å². The lowest BCUT2D eigenvalue weighted by atomic mass is 10.0. The van der Waals surface area contributed by atoms with E-state index >= 15 is 0 Å². The fourth-order valence-electron chi connectivity index (χ4n) is 9.48. The maximum absolute atomic E-state index is 13.3. The topological polar surface area (TPSA) is 95.9 Å². The molecule has 0 rings (SSSR count). The van der Waals surface area contributed by atoms with Crippen LogP contribution < -0.4 is 5.32 Å². The minimum atomic E-state index is -0.787. The number of aliphatic hydroxyl groups is 2. The lowest BCUT2D eigenvalue weighted by molar-refractivity contribution is -0.151. The largest absolute Gasteiger partial charge is 0.462 e. The van der Waals surface area contributed by atoms with Gasteiger partial charge < -0.3 is 20.3 Å². The normalized spacial score (nSPS) is 13.2. The summed E-state index contributed by atoms with van der Waals surface area (Å²) in [6.45, 7) is 6.52. The predicted octanol–water partition coefficient (Wildman–Crippen LogP) is 18.6. The zero-order valence-electron chi connectivity index (χ0n) is 45.3. The molecule has 6 nitrogen and oxygen atoms in total. The molecule has 6 heteroatoms. The van der Waals surface area contributed by atoms with Crippen molar-refractivity contribution in [3.63, 3.8) is 0 Å². The number of carbonyl (C=O) groups excluding carboxylic acids is 2. The lowest BCUT2D eigenvalue weighted by Crippen LogP contribution is -2.46. The fourth-order valence-corrected chi connectivity index (χ4v) is 9.48. The van der Waals surface area contributed by atoms with Crippen LogP contribution in [-0.2, 0) is 14.3 Å². The number of unbranched alkanes of at least 4 members (excludes halogenated alkanes) is 40. The van der Waals surface area contributed by atoms with Gasteiger partial charge in [0, 0.05) is 6.42 Å². The Bertz CT molecular complexity index is 1060. The van der Waals surface area contributed by atoms with Gasteiger partial charge in [0.05, 0.1) is 25.2 Å². The molecule has 0 bridgehead atoms. The molecule has 0 heterocycles. The summed E-state index contributed by atoms with van der Waals surface area (Å²) in [5.41, 5.74) is 0. The summed E-state index contributed by atoms with van der Waals surface area (Å²) in [5.74, 6) is -0.470. The average molecular weight is 945 g/mol. The van der Waals surface area contributed by atoms with E-state index in [4.69, 9.17) is 4.74 Å². The molecular formula is C61H117NO5. The summed E-state index contributed by atoms with van der Waals surface area (Å²) in [6.07, 6.45) is 65.3. The molecule has 3 unspecified atom stereocenters. The van der Waals surface area contributed by atoms with Crippen LogP contribution in [0.2, 0.25) is 0 Å². The number of aliphatic hydroxyl groups excluding tert-OH is 2. The molecule has 396 valence electrons. The van der Waals surface area contributed by atoms with Gasteiger partial charge in [-0.15, -0.1) is 0 Å². The Morgan fingerprint density at radius 3 is 1.10 bits per heavy atom. The highest BCUT2D eigenvalue weighted by atomic mass is 16.5. The Morgan fingerprint density at radius 1 is 0.433 bits per heavy atom. The second-order valence-electron chi connectivity index (χ2n) is 20.8. The summed E-state index contributed by atoms with van der Waals surface area (Å²) in [5, 5.41) is 23.9. The van der Waals surface area contributed by atoms with Crippen LogP contribution in [0.1, 0.15) is 329 Å². The van der Waals surface area contributed by atoms with Crippen molar-refractivity contribution < 1.29 is 24.5 Å². The molecule has 0 radical (unpaired) electrons. The minimum Gasteiger partial charge on any atom is -0.462 e. The number of ether oxygens (including phenoxy) is 1. The molecule has 0 aromatic heterocycles. The van der Waals surface area contributed by atoms with Gasteiger partial charge in [-0.25, -0.2) is 0 Å². The fraction of sp³-hybridized carbons (Fsp3) is 0.902. The van der Waals surface area contributed by atoms with E-state index in [-0.39, 0.29) is 24.9 Å². The molecule has 0 aliphatic rings. The van der Waals surface area contributed by atoms with Gasteiger partial charge in [-0.2, -0.15) is 0 Å². The van der Waals surface area contributed by atoms with E-state index in [1.807, 2.05) is 0 Å². The highest BCUT2D eigenvalue weighted by molar-refractivity contribution is 5.77. The van der Waals surface area contributed by atoms with E-state index in [0.29, 0.717) is 19.3 Å². The van der Waals surface area contributed by atoms with Gasteiger partial charge >= 0.3 is 5.97 Å². The van der Waals surface area contributed by atoms with Crippen LogP contribution in [0, 0.1) is 0 Å². The number of amides is 1. The molecule has 0 aromatic carbocycles. The van der Waals surface area contributed by atoms with Gasteiger partial charge in [0.2, 0.25) is 5.91 Å². The highest BCUT2D eigenvalue weighted by Gasteiger charge is 2.24. The number of rotatable bonds is 55. The standard InChI is InChI=1S/C61H117NO5/c1-4-7-10-13-16-19-22-25-28-30-31-33-36-39-42-45-48-51-54-61(66)67-57(52-49-46-43-40-37-34-27-24-21-18-15-12-9-6-3)55-60(65)62-58(56-63)59(64)53-50-47-44-41-38-35-32-29-26-23-20-17-14-11-8-5-2/h28,30-31,33,57-59,63-64H,4-27,29,32,34-56H2,1-3H3,(H,62,65)/b30-28+,33-31+. The highest BCUT2D eigenvalue weighted by Crippen LogP contribution is 2.19. The molecule has 0 saturated carbocycles. The maximum atomic E-state index is 13.3. The Morgan fingerprint density at radius 2 is 0.746 bits per heavy atom. The number of nitrogens with one attached hydrogen (secondary N) is 1. The van der Waals surface area contributed by atoms with Crippen molar-refractivity contribution in [2.75, 3.05) is 6.61 Å². The van der Waals surface area contributed by atoms with Crippen LogP contribution >= 0.6 is 0 Å². The number of carbonyl (C=O) groups is 2. The van der Waals surface area contributed by atoms with E-state index in [1.165, 1.54) is 231 Å². The van der Waals surface area contributed by atoms with Crippen molar-refractivity contribution in [3.05, 3.63) is 24.3 Å². The van der Waals surface area contributed by atoms with Crippen LogP contribution in [0.15, 0.2) is 24.3 Å². The van der Waals surface area contributed by atoms with Gasteiger partial charge in [-0.1, -0.05) is 289 Å². The third-order valence-electron chi connectivity index (χ3n) is 14.1. The summed E-state index contributed by atoms with van der Waals surface area (Å²) in [4.78, 5) is 26.3. The third kappa shape index (κ3) is 50.5. The molecular weight excluding hydrogens is 827 g/mol. The Labute approximate surface area is 418 Å². The van der Waals surface area contributed by atoms with Crippen molar-refractivity contribution in [2.24, 2.45) is 0 Å². The smallest absolute Gasteiger partial charge is 0.306 e. The Balaban J connectivity index is 4.51. The van der Waals surface area contributed by atoms with Crippen LogP contribution in [-0.4, -0.2) is 46.9 Å². The first-order chi connectivity index (χ1) is 33.0. The summed E-state index contributed by atoms with van der Waals surface area (Å²) >= 11 is 0. The van der Waals surface area contributed by atoms with E-state index in [0.717, 1.165) is 51.4 Å². The lowest BCUT2D eigenvalue weighted by Gasteiger charge is -2.24. The molecule has 0 spiro atoms. The first-order valence-corrected chi connectivity index (χ1v) is 30.1. The van der Waals surface area contributed by atoms with Crippen LogP contribution in [0.4, 0.5) is 0 Å². The van der Waals surface area contributed by atoms with E-state index < -0.39 is 18.2 Å². The Hall–Kier alpha value is -1.66. The zero-order valence-corrected chi connectivity index (χ0v) is 45.3. The first-order valence-electron chi connectivity index (χ1n) is 30.1. The van der Waals surface area contributed by atoms with Crippen LogP contribution in [0.25, 0.3) is 0 Å². The SMILES string of the molecule is CCCCCCCCC/C=C/C=C/CCCCCCCC(=O)OC(CCCCCCCCCCCCCCCC)CC(=O)NC(CO)C(O)CCCCCCCCCCCCCCCCCC.